The monoisotopic (exact) mass is 417 g/mol. The average molecular weight is 417 g/mol. The van der Waals surface area contributed by atoms with Crippen LogP contribution in [0, 0.1) is 17.0 Å². The molecule has 0 bridgehead atoms. The van der Waals surface area contributed by atoms with Crippen LogP contribution in [0.2, 0.25) is 0 Å². The number of thiophene rings is 1. The fraction of sp³-hybridized carbons (Fsp3) is 0.312. The number of carbonyl (C=O) groups excluding carboxylic acids is 1. The first kappa shape index (κ1) is 18.7. The van der Waals surface area contributed by atoms with Gasteiger partial charge in [-0.1, -0.05) is 0 Å². The highest BCUT2D eigenvalue weighted by Gasteiger charge is 2.26. The zero-order valence-corrected chi connectivity index (χ0v) is 16.6. The van der Waals surface area contributed by atoms with Crippen LogP contribution in [-0.2, 0) is 4.74 Å². The molecule has 0 amide bonds. The van der Waals surface area contributed by atoms with Crippen molar-refractivity contribution in [3.05, 3.63) is 38.9 Å². The van der Waals surface area contributed by atoms with Gasteiger partial charge in [0.15, 0.2) is 11.5 Å². The van der Waals surface area contributed by atoms with Crippen molar-refractivity contribution in [3.8, 4) is 5.88 Å². The maximum absolute atomic E-state index is 12.0. The molecule has 4 aromatic rings. The molecule has 0 aliphatic heterocycles. The van der Waals surface area contributed by atoms with Crippen molar-refractivity contribution in [3.63, 3.8) is 0 Å². The highest BCUT2D eigenvalue weighted by molar-refractivity contribution is 7.20. The summed E-state index contributed by atoms with van der Waals surface area (Å²) in [5, 5.41) is 20.4. The van der Waals surface area contributed by atoms with Crippen molar-refractivity contribution < 1.29 is 19.2 Å². The lowest BCUT2D eigenvalue weighted by Gasteiger charge is -2.06. The van der Waals surface area contributed by atoms with Gasteiger partial charge in [-0.15, -0.1) is 21.5 Å². The maximum atomic E-state index is 12.0. The van der Waals surface area contributed by atoms with E-state index in [1.165, 1.54) is 47.3 Å². The van der Waals surface area contributed by atoms with Gasteiger partial charge in [-0.25, -0.2) is 19.3 Å². The zero-order chi connectivity index (χ0) is 20.9. The van der Waals surface area contributed by atoms with E-state index in [9.17, 15) is 14.9 Å². The van der Waals surface area contributed by atoms with Gasteiger partial charge in [0.2, 0.25) is 0 Å². The van der Waals surface area contributed by atoms with E-state index >= 15 is 0 Å². The quantitative estimate of drug-likeness (QED) is 0.271. The molecule has 1 atom stereocenters. The smallest absolute Gasteiger partial charge is 0.350 e. The van der Waals surface area contributed by atoms with Gasteiger partial charge in [0, 0.05) is 0 Å². The standard InChI is InChI=1S/C16H15N7O5S/c1-7-10-13-18-12(8(2)21-5-9(23(25)26)14(20-21)27-3)19-22(13)6-17-15(10)29-11(7)16(24)28-4/h5-6,8H,1-4H3/t8-/m0/s1. The third kappa shape index (κ3) is 2.86. The Labute approximate surface area is 166 Å². The van der Waals surface area contributed by atoms with Crippen LogP contribution in [0.1, 0.15) is 34.0 Å². The summed E-state index contributed by atoms with van der Waals surface area (Å²) >= 11 is 1.22. The number of carbonyl (C=O) groups is 1. The topological polar surface area (TPSA) is 140 Å². The van der Waals surface area contributed by atoms with Crippen LogP contribution in [0.15, 0.2) is 12.5 Å². The predicted molar refractivity (Wildman–Crippen MR) is 101 cm³/mol. The molecule has 13 heteroatoms. The molecule has 0 saturated carbocycles. The van der Waals surface area contributed by atoms with Crippen LogP contribution in [0.5, 0.6) is 5.88 Å². The minimum absolute atomic E-state index is 0.0916. The number of rotatable bonds is 5. The molecule has 0 saturated heterocycles. The summed E-state index contributed by atoms with van der Waals surface area (Å²) in [6.07, 6.45) is 2.78. The van der Waals surface area contributed by atoms with E-state index in [2.05, 4.69) is 20.2 Å². The Morgan fingerprint density at radius 3 is 2.72 bits per heavy atom. The average Bonchev–Trinajstić information content (AvgIpc) is 3.41. The fourth-order valence-corrected chi connectivity index (χ4v) is 4.03. The van der Waals surface area contributed by atoms with E-state index in [0.29, 0.717) is 32.1 Å². The summed E-state index contributed by atoms with van der Waals surface area (Å²) in [7, 11) is 2.64. The van der Waals surface area contributed by atoms with Crippen molar-refractivity contribution in [2.45, 2.75) is 19.9 Å². The van der Waals surface area contributed by atoms with Crippen molar-refractivity contribution >= 4 is 38.9 Å². The Hall–Kier alpha value is -3.61. The van der Waals surface area contributed by atoms with Gasteiger partial charge in [0.1, 0.15) is 28.3 Å². The highest BCUT2D eigenvalue weighted by atomic mass is 32.1. The molecular formula is C16H15N7O5S. The van der Waals surface area contributed by atoms with E-state index in [1.807, 2.05) is 0 Å². The Kier molecular flexibility index (Phi) is 4.38. The number of hydrogen-bond acceptors (Lipinski definition) is 10. The molecular weight excluding hydrogens is 402 g/mol. The molecule has 0 aliphatic rings. The highest BCUT2D eigenvalue weighted by Crippen LogP contribution is 2.33. The molecule has 0 aliphatic carbocycles. The van der Waals surface area contributed by atoms with Crippen molar-refractivity contribution in [2.24, 2.45) is 0 Å². The number of methoxy groups -OCH3 is 2. The van der Waals surface area contributed by atoms with Crippen LogP contribution in [0.4, 0.5) is 5.69 Å². The van der Waals surface area contributed by atoms with Gasteiger partial charge >= 0.3 is 17.5 Å². The van der Waals surface area contributed by atoms with Gasteiger partial charge in [-0.05, 0) is 19.4 Å². The van der Waals surface area contributed by atoms with Gasteiger partial charge in [-0.2, -0.15) is 0 Å². The molecule has 12 nitrogen and oxygen atoms in total. The van der Waals surface area contributed by atoms with E-state index in [0.717, 1.165) is 0 Å². The molecule has 4 rings (SSSR count). The zero-order valence-electron chi connectivity index (χ0n) is 15.8. The Balaban J connectivity index is 1.83. The lowest BCUT2D eigenvalue weighted by molar-refractivity contribution is -0.385. The predicted octanol–water partition coefficient (Wildman–Crippen LogP) is 2.16. The van der Waals surface area contributed by atoms with Crippen molar-refractivity contribution in [2.75, 3.05) is 14.2 Å². The Bertz CT molecular complexity index is 1270. The minimum atomic E-state index is -0.567. The second-order valence-corrected chi connectivity index (χ2v) is 7.15. The van der Waals surface area contributed by atoms with Gasteiger partial charge < -0.3 is 9.47 Å². The molecule has 29 heavy (non-hydrogen) atoms. The third-order valence-electron chi connectivity index (χ3n) is 4.50. The molecule has 0 aromatic carbocycles. The van der Waals surface area contributed by atoms with Crippen LogP contribution in [-0.4, -0.2) is 54.5 Å². The van der Waals surface area contributed by atoms with Gasteiger partial charge in [0.25, 0.3) is 0 Å². The normalized spacial score (nSPS) is 12.4. The van der Waals surface area contributed by atoms with Gasteiger partial charge in [0.05, 0.1) is 24.5 Å². The van der Waals surface area contributed by atoms with Crippen LogP contribution in [0.3, 0.4) is 0 Å². The summed E-state index contributed by atoms with van der Waals surface area (Å²) in [6.45, 7) is 3.56. The lowest BCUT2D eigenvalue weighted by atomic mass is 10.2. The molecule has 0 unspecified atom stereocenters. The second kappa shape index (κ2) is 6.77. The maximum Gasteiger partial charge on any atom is 0.350 e. The summed E-state index contributed by atoms with van der Waals surface area (Å²) in [4.78, 5) is 32.6. The number of aromatic nitrogens is 6. The first-order chi connectivity index (χ1) is 13.8. The van der Waals surface area contributed by atoms with Crippen LogP contribution < -0.4 is 4.74 Å². The van der Waals surface area contributed by atoms with Crippen molar-refractivity contribution in [1.82, 2.24) is 29.4 Å². The molecule has 150 valence electrons. The number of esters is 1. The third-order valence-corrected chi connectivity index (χ3v) is 5.67. The number of fused-ring (bicyclic) bond motifs is 3. The molecule has 0 fully saturated rings. The summed E-state index contributed by atoms with van der Waals surface area (Å²) < 4.78 is 12.7. The number of nitro groups is 1. The largest absolute Gasteiger partial charge is 0.475 e. The second-order valence-electron chi connectivity index (χ2n) is 6.15. The number of hydrogen-bond donors (Lipinski definition) is 0. The number of nitrogens with zero attached hydrogens (tertiary/aromatic N) is 7. The summed E-state index contributed by atoms with van der Waals surface area (Å²) in [6, 6.07) is -0.508. The van der Waals surface area contributed by atoms with E-state index < -0.39 is 16.9 Å². The number of ether oxygens (including phenoxy) is 2. The van der Waals surface area contributed by atoms with Crippen LogP contribution in [0.25, 0.3) is 15.9 Å². The summed E-state index contributed by atoms with van der Waals surface area (Å²) in [5.74, 6) is -0.150. The van der Waals surface area contributed by atoms with E-state index in [1.54, 1.807) is 13.8 Å². The van der Waals surface area contributed by atoms with E-state index in [4.69, 9.17) is 9.47 Å². The minimum Gasteiger partial charge on any atom is -0.475 e. The van der Waals surface area contributed by atoms with E-state index in [-0.39, 0.29) is 11.6 Å². The SMILES string of the molecule is COC(=O)c1sc2ncn3nc([C@H](C)n4cc([N+](=O)[O-])c(OC)n4)nc3c2c1C. The Morgan fingerprint density at radius 2 is 2.10 bits per heavy atom. The Morgan fingerprint density at radius 1 is 1.34 bits per heavy atom. The molecule has 0 spiro atoms. The first-order valence-electron chi connectivity index (χ1n) is 8.36. The van der Waals surface area contributed by atoms with Crippen molar-refractivity contribution in [1.29, 1.82) is 0 Å². The fourth-order valence-electron chi connectivity index (χ4n) is 2.97. The van der Waals surface area contributed by atoms with Gasteiger partial charge in [-0.3, -0.25) is 14.8 Å². The number of aryl methyl sites for hydroxylation is 1. The molecule has 4 heterocycles. The first-order valence-corrected chi connectivity index (χ1v) is 9.17. The molecule has 0 radical (unpaired) electrons. The summed E-state index contributed by atoms with van der Waals surface area (Å²) in [5.41, 5.74) is 0.982. The molecule has 0 N–H and O–H groups in total. The lowest BCUT2D eigenvalue weighted by Crippen LogP contribution is -2.09. The van der Waals surface area contributed by atoms with Crippen LogP contribution >= 0.6 is 11.3 Å². The molecule has 4 aromatic heterocycles.